The Morgan fingerprint density at radius 1 is 1.28 bits per heavy atom. The van der Waals surface area contributed by atoms with Gasteiger partial charge in [-0.3, -0.25) is 4.79 Å². The zero-order chi connectivity index (χ0) is 18.8. The quantitative estimate of drug-likeness (QED) is 0.811. The van der Waals surface area contributed by atoms with Crippen LogP contribution in [0.3, 0.4) is 0 Å². The van der Waals surface area contributed by atoms with Gasteiger partial charge in [0.05, 0.1) is 18.3 Å². The van der Waals surface area contributed by atoms with E-state index in [1.165, 1.54) is 6.92 Å². The number of ether oxygens (including phenoxy) is 1. The Hall–Kier alpha value is -1.50. The van der Waals surface area contributed by atoms with Gasteiger partial charge in [0.2, 0.25) is 5.91 Å². The molecule has 1 heterocycles. The van der Waals surface area contributed by atoms with Crippen LogP contribution >= 0.6 is 11.6 Å². The maximum absolute atomic E-state index is 11.4. The van der Waals surface area contributed by atoms with Crippen molar-refractivity contribution in [1.82, 2.24) is 5.32 Å². The van der Waals surface area contributed by atoms with Crippen LogP contribution in [0.2, 0.25) is 5.02 Å². The lowest BCUT2D eigenvalue weighted by atomic mass is 9.77. The smallest absolute Gasteiger partial charge is 0.492 e. The van der Waals surface area contributed by atoms with E-state index >= 15 is 0 Å². The van der Waals surface area contributed by atoms with E-state index in [9.17, 15) is 4.79 Å². The van der Waals surface area contributed by atoms with Crippen molar-refractivity contribution in [3.63, 3.8) is 0 Å². The highest BCUT2D eigenvalue weighted by atomic mass is 35.5. The van der Waals surface area contributed by atoms with Gasteiger partial charge in [-0.15, -0.1) is 0 Å². The first-order valence-electron chi connectivity index (χ1n) is 8.20. The van der Waals surface area contributed by atoms with Crippen LogP contribution in [-0.4, -0.2) is 37.9 Å². The first-order valence-corrected chi connectivity index (χ1v) is 8.57. The number of methoxy groups -OCH3 is 1. The van der Waals surface area contributed by atoms with E-state index in [2.05, 4.69) is 5.32 Å². The maximum Gasteiger partial charge on any atom is 0.492 e. The second-order valence-corrected chi connectivity index (χ2v) is 7.54. The largest absolute Gasteiger partial charge is 0.496 e. The van der Waals surface area contributed by atoms with E-state index < -0.39 is 18.3 Å². The topological polar surface area (TPSA) is 56.8 Å². The normalized spacial score (nSPS) is 19.0. The van der Waals surface area contributed by atoms with Gasteiger partial charge in [-0.05, 0) is 51.4 Å². The van der Waals surface area contributed by atoms with Gasteiger partial charge < -0.3 is 19.4 Å². The van der Waals surface area contributed by atoms with E-state index in [0.29, 0.717) is 17.3 Å². The summed E-state index contributed by atoms with van der Waals surface area (Å²) in [4.78, 5) is 11.4. The molecule has 1 aromatic carbocycles. The summed E-state index contributed by atoms with van der Waals surface area (Å²) in [6, 6.07) is 5.39. The van der Waals surface area contributed by atoms with Crippen molar-refractivity contribution in [2.45, 2.75) is 45.8 Å². The summed E-state index contributed by atoms with van der Waals surface area (Å²) in [6.07, 6.45) is 1.91. The molecule has 0 atom stereocenters. The molecule has 0 spiro atoms. The van der Waals surface area contributed by atoms with Crippen LogP contribution in [0.1, 0.15) is 40.2 Å². The molecule has 0 aliphatic carbocycles. The average molecular weight is 366 g/mol. The molecule has 136 valence electrons. The zero-order valence-corrected chi connectivity index (χ0v) is 16.4. The number of benzene rings is 1. The Kier molecular flexibility index (Phi) is 5.87. The monoisotopic (exact) mass is 365 g/mol. The fourth-order valence-electron chi connectivity index (χ4n) is 2.43. The number of nitrogens with one attached hydrogen (secondary N) is 1. The summed E-state index contributed by atoms with van der Waals surface area (Å²) in [7, 11) is 1.03. The van der Waals surface area contributed by atoms with Crippen LogP contribution in [0.4, 0.5) is 0 Å². The first kappa shape index (κ1) is 19.8. The van der Waals surface area contributed by atoms with Crippen LogP contribution in [0.5, 0.6) is 5.75 Å². The Morgan fingerprint density at radius 2 is 1.88 bits per heavy atom. The molecule has 1 fully saturated rings. The molecule has 1 aliphatic rings. The Labute approximate surface area is 154 Å². The van der Waals surface area contributed by atoms with Gasteiger partial charge in [-0.2, -0.15) is 0 Å². The van der Waals surface area contributed by atoms with Crippen molar-refractivity contribution in [2.75, 3.05) is 13.7 Å². The van der Waals surface area contributed by atoms with Crippen molar-refractivity contribution in [1.29, 1.82) is 0 Å². The van der Waals surface area contributed by atoms with E-state index in [1.807, 2.05) is 39.8 Å². The van der Waals surface area contributed by atoms with Crippen molar-refractivity contribution in [2.24, 2.45) is 0 Å². The second kappa shape index (κ2) is 7.40. The molecule has 25 heavy (non-hydrogen) atoms. The van der Waals surface area contributed by atoms with Crippen molar-refractivity contribution < 1.29 is 18.8 Å². The van der Waals surface area contributed by atoms with Gasteiger partial charge in [0.25, 0.3) is 0 Å². The maximum atomic E-state index is 11.4. The lowest BCUT2D eigenvalue weighted by Gasteiger charge is -2.32. The third-order valence-corrected chi connectivity index (χ3v) is 4.87. The zero-order valence-electron chi connectivity index (χ0n) is 15.6. The molecule has 0 saturated carbocycles. The van der Waals surface area contributed by atoms with Crippen LogP contribution in [0.15, 0.2) is 23.7 Å². The predicted octanol–water partition coefficient (Wildman–Crippen LogP) is 3.50. The molecular weight excluding hydrogens is 340 g/mol. The summed E-state index contributed by atoms with van der Waals surface area (Å²) in [5.74, 6) is 0.523. The van der Waals surface area contributed by atoms with Crippen LogP contribution in [-0.2, 0) is 14.1 Å². The summed E-state index contributed by atoms with van der Waals surface area (Å²) >= 11 is 6.03. The molecule has 0 unspecified atom stereocenters. The minimum Gasteiger partial charge on any atom is -0.496 e. The van der Waals surface area contributed by atoms with E-state index in [1.54, 1.807) is 19.2 Å². The predicted molar refractivity (Wildman–Crippen MR) is 101 cm³/mol. The number of halogens is 1. The molecule has 2 rings (SSSR count). The summed E-state index contributed by atoms with van der Waals surface area (Å²) in [6.45, 7) is 9.76. The highest BCUT2D eigenvalue weighted by Crippen LogP contribution is 2.39. The van der Waals surface area contributed by atoms with E-state index in [4.69, 9.17) is 25.6 Å². The number of carbonyl (C=O) groups excluding carboxylic acids is 1. The third-order valence-electron chi connectivity index (χ3n) is 4.63. The average Bonchev–Trinajstić information content (AvgIpc) is 2.72. The van der Waals surface area contributed by atoms with Gasteiger partial charge in [-0.1, -0.05) is 17.7 Å². The van der Waals surface area contributed by atoms with E-state index in [-0.39, 0.29) is 5.91 Å². The van der Waals surface area contributed by atoms with Gasteiger partial charge in [0.1, 0.15) is 5.75 Å². The molecule has 1 saturated heterocycles. The Bertz CT molecular complexity index is 672. The lowest BCUT2D eigenvalue weighted by Crippen LogP contribution is -2.41. The molecule has 7 heteroatoms. The van der Waals surface area contributed by atoms with Crippen molar-refractivity contribution in [3.05, 3.63) is 34.3 Å². The fourth-order valence-corrected chi connectivity index (χ4v) is 2.59. The van der Waals surface area contributed by atoms with Gasteiger partial charge in [0.15, 0.2) is 0 Å². The number of carbonyl (C=O) groups is 1. The number of hydrogen-bond acceptors (Lipinski definition) is 4. The highest BCUT2D eigenvalue weighted by Gasteiger charge is 2.52. The molecule has 0 aromatic heterocycles. The highest BCUT2D eigenvalue weighted by molar-refractivity contribution is 6.56. The minimum atomic E-state index is -0.558. The molecule has 1 N–H and O–H groups in total. The van der Waals surface area contributed by atoms with Crippen LogP contribution in [0.25, 0.3) is 6.08 Å². The summed E-state index contributed by atoms with van der Waals surface area (Å²) in [5, 5.41) is 3.40. The minimum absolute atomic E-state index is 0.120. The molecule has 5 nitrogen and oxygen atoms in total. The van der Waals surface area contributed by atoms with Gasteiger partial charge in [0, 0.05) is 24.1 Å². The lowest BCUT2D eigenvalue weighted by molar-refractivity contribution is -0.118. The van der Waals surface area contributed by atoms with Crippen LogP contribution < -0.4 is 10.1 Å². The first-order chi connectivity index (χ1) is 11.6. The fraction of sp³-hybridized carbons (Fsp3) is 0.500. The molecule has 0 bridgehead atoms. The molecule has 1 aliphatic heterocycles. The summed E-state index contributed by atoms with van der Waals surface area (Å²) in [5.41, 5.74) is 0.713. The summed E-state index contributed by atoms with van der Waals surface area (Å²) < 4.78 is 17.6. The number of rotatable bonds is 5. The molecule has 1 aromatic rings. The molecule has 1 amide bonds. The van der Waals surface area contributed by atoms with Crippen molar-refractivity contribution in [3.8, 4) is 5.75 Å². The molecule has 0 radical (unpaired) electrons. The van der Waals surface area contributed by atoms with Crippen LogP contribution in [0, 0.1) is 0 Å². The number of amides is 1. The van der Waals surface area contributed by atoms with Crippen molar-refractivity contribution >= 4 is 30.7 Å². The SMILES string of the molecule is COc1cc(Cl)ccc1C=C(CNC(C)=O)B1OC(C)(C)C(C)(C)O1. The Balaban J connectivity index is 2.38. The second-order valence-electron chi connectivity index (χ2n) is 7.10. The Morgan fingerprint density at radius 3 is 2.40 bits per heavy atom. The molecular formula is C18H25BClNO4. The number of hydrogen-bond donors (Lipinski definition) is 1. The van der Waals surface area contributed by atoms with Gasteiger partial charge >= 0.3 is 7.12 Å². The third kappa shape index (κ3) is 4.57. The van der Waals surface area contributed by atoms with E-state index in [0.717, 1.165) is 11.0 Å². The standard InChI is InChI=1S/C18H25BClNO4/c1-12(22)21-11-14(19-24-17(2,3)18(4,5)25-19)9-13-7-8-15(20)10-16(13)23-6/h7-10H,11H2,1-6H3,(H,21,22). The van der Waals surface area contributed by atoms with Gasteiger partial charge in [-0.25, -0.2) is 0 Å².